The molecule has 14 heteroatoms. The lowest BCUT2D eigenvalue weighted by Gasteiger charge is -2.46. The second-order valence-corrected chi connectivity index (χ2v) is 9.14. The summed E-state index contributed by atoms with van der Waals surface area (Å²) >= 11 is 0. The molecule has 2 fully saturated rings. The number of carbonyl (C=O) groups excluding carboxylic acids is 2. The zero-order valence-corrected chi connectivity index (χ0v) is 20.4. The second-order valence-electron chi connectivity index (χ2n) is 9.14. The number of hydrogen-bond donors (Lipinski definition) is 6. The maximum absolute atomic E-state index is 11.9. The van der Waals surface area contributed by atoms with Crippen LogP contribution < -0.4 is 15.7 Å². The number of amides is 1. The van der Waals surface area contributed by atoms with Crippen LogP contribution in [-0.2, 0) is 23.8 Å². The molecule has 1 aromatic carbocycles. The average Bonchev–Trinajstić information content (AvgIpc) is 2.87. The number of aliphatic hydroxyl groups excluding tert-OH is 5. The topological polar surface area (TPSA) is 214 Å². The SMILES string of the molecule is CC(=O)N[C@H]1[C@H](Oc2ccc3c(C)cc(=O)oc3c2)O[C@H](CO)[C@@H](O[C@@H]2O[C@H](C=O)[C@H](O)[C@H](O)[C@H]2O)[C@@H]1O. The van der Waals surface area contributed by atoms with Gasteiger partial charge in [0.05, 0.1) is 6.61 Å². The van der Waals surface area contributed by atoms with Gasteiger partial charge < -0.3 is 59.0 Å². The molecule has 0 unspecified atom stereocenters. The van der Waals surface area contributed by atoms with Gasteiger partial charge in [0.25, 0.3) is 0 Å². The summed E-state index contributed by atoms with van der Waals surface area (Å²) < 4.78 is 27.7. The van der Waals surface area contributed by atoms with Gasteiger partial charge in [-0.1, -0.05) is 0 Å². The molecule has 2 aliphatic heterocycles. The number of aryl methyl sites for hydroxylation is 1. The summed E-state index contributed by atoms with van der Waals surface area (Å²) in [6, 6.07) is 4.70. The summed E-state index contributed by atoms with van der Waals surface area (Å²) in [5, 5.41) is 54.5. The minimum absolute atomic E-state index is 0.159. The molecule has 38 heavy (non-hydrogen) atoms. The van der Waals surface area contributed by atoms with Crippen LogP contribution in [0.1, 0.15) is 12.5 Å². The second kappa shape index (κ2) is 11.4. The summed E-state index contributed by atoms with van der Waals surface area (Å²) in [7, 11) is 0. The number of rotatable bonds is 7. The van der Waals surface area contributed by atoms with E-state index < -0.39 is 79.5 Å². The Balaban J connectivity index is 1.59. The van der Waals surface area contributed by atoms with E-state index in [0.717, 1.165) is 0 Å². The highest BCUT2D eigenvalue weighted by atomic mass is 16.7. The van der Waals surface area contributed by atoms with Crippen LogP contribution in [0.3, 0.4) is 0 Å². The van der Waals surface area contributed by atoms with Crippen LogP contribution in [0.2, 0.25) is 0 Å². The fraction of sp³-hybridized carbons (Fsp3) is 0.542. The highest BCUT2D eigenvalue weighted by Crippen LogP contribution is 2.31. The van der Waals surface area contributed by atoms with Crippen LogP contribution in [0, 0.1) is 6.92 Å². The molecule has 10 atom stereocenters. The normalized spacial score (nSPS) is 35.6. The van der Waals surface area contributed by atoms with E-state index in [2.05, 4.69) is 5.32 Å². The van der Waals surface area contributed by atoms with Gasteiger partial charge in [0, 0.05) is 24.4 Å². The molecular formula is C24H29NO13. The van der Waals surface area contributed by atoms with Gasteiger partial charge in [-0.15, -0.1) is 0 Å². The smallest absolute Gasteiger partial charge is 0.336 e. The number of hydrogen-bond acceptors (Lipinski definition) is 13. The van der Waals surface area contributed by atoms with Crippen molar-refractivity contribution in [2.75, 3.05) is 6.61 Å². The van der Waals surface area contributed by atoms with E-state index in [1.807, 2.05) is 0 Å². The van der Waals surface area contributed by atoms with Gasteiger partial charge in [-0.25, -0.2) is 4.79 Å². The molecule has 208 valence electrons. The number of benzene rings is 1. The Morgan fingerprint density at radius 2 is 1.79 bits per heavy atom. The molecular weight excluding hydrogens is 510 g/mol. The molecule has 2 saturated heterocycles. The van der Waals surface area contributed by atoms with E-state index in [0.29, 0.717) is 10.9 Å². The van der Waals surface area contributed by atoms with Crippen molar-refractivity contribution in [1.82, 2.24) is 5.32 Å². The quantitative estimate of drug-likeness (QED) is 0.158. The van der Waals surface area contributed by atoms with E-state index in [4.69, 9.17) is 23.4 Å². The molecule has 1 aromatic heterocycles. The Hall–Kier alpha value is -2.95. The van der Waals surface area contributed by atoms with Gasteiger partial charge in [0.1, 0.15) is 60.1 Å². The first kappa shape index (κ1) is 28.1. The number of carbonyl (C=O) groups is 2. The van der Waals surface area contributed by atoms with Gasteiger partial charge >= 0.3 is 5.63 Å². The zero-order chi connectivity index (χ0) is 27.7. The predicted octanol–water partition coefficient (Wildman–Crippen LogP) is -2.55. The van der Waals surface area contributed by atoms with Crippen molar-refractivity contribution in [3.63, 3.8) is 0 Å². The van der Waals surface area contributed by atoms with Crippen molar-refractivity contribution in [3.8, 4) is 5.75 Å². The number of aldehydes is 1. The van der Waals surface area contributed by atoms with Gasteiger partial charge in [-0.2, -0.15) is 0 Å². The molecule has 6 N–H and O–H groups in total. The van der Waals surface area contributed by atoms with E-state index in [9.17, 15) is 39.9 Å². The van der Waals surface area contributed by atoms with E-state index in [1.54, 1.807) is 19.1 Å². The fourth-order valence-corrected chi connectivity index (χ4v) is 4.49. The van der Waals surface area contributed by atoms with Crippen molar-refractivity contribution < 1.29 is 58.5 Å². The third-order valence-electron chi connectivity index (χ3n) is 6.43. The standard InChI is InChI=1S/C24H29NO13/c1-9-5-16(29)35-13-6-11(3-4-12(9)13)34-23-17(25-10(2)28)19(31)22(15(8-27)37-23)38-24-21(33)20(32)18(30)14(7-26)36-24/h3-7,14-15,17-24,27,30-33H,8H2,1-2H3,(H,25,28)/t14-,15-,17-,18+,19-,20+,21-,22-,23-,24+/m1/s1. The number of nitrogens with one attached hydrogen (secondary N) is 1. The summed E-state index contributed by atoms with van der Waals surface area (Å²) in [4.78, 5) is 34.9. The molecule has 1 amide bonds. The first-order valence-electron chi connectivity index (χ1n) is 11.8. The molecule has 0 bridgehead atoms. The summed E-state index contributed by atoms with van der Waals surface area (Å²) in [6.07, 6.45) is -14.1. The Labute approximate surface area is 215 Å². The van der Waals surface area contributed by atoms with E-state index >= 15 is 0 Å². The van der Waals surface area contributed by atoms with E-state index in [-0.39, 0.29) is 17.6 Å². The Morgan fingerprint density at radius 1 is 1.05 bits per heavy atom. The molecule has 2 aromatic rings. The first-order valence-corrected chi connectivity index (χ1v) is 11.8. The minimum atomic E-state index is -1.82. The van der Waals surface area contributed by atoms with Gasteiger partial charge in [0.15, 0.2) is 12.6 Å². The average molecular weight is 539 g/mol. The Morgan fingerprint density at radius 3 is 2.45 bits per heavy atom. The van der Waals surface area contributed by atoms with Crippen molar-refractivity contribution in [3.05, 3.63) is 40.2 Å². The lowest BCUT2D eigenvalue weighted by Crippen LogP contribution is -2.68. The van der Waals surface area contributed by atoms with Crippen molar-refractivity contribution in [2.24, 2.45) is 0 Å². The minimum Gasteiger partial charge on any atom is -0.462 e. The third-order valence-corrected chi connectivity index (χ3v) is 6.43. The van der Waals surface area contributed by atoms with Crippen molar-refractivity contribution >= 4 is 23.2 Å². The zero-order valence-electron chi connectivity index (χ0n) is 20.4. The van der Waals surface area contributed by atoms with Crippen LogP contribution in [0.15, 0.2) is 33.5 Å². The highest BCUT2D eigenvalue weighted by molar-refractivity contribution is 5.81. The van der Waals surface area contributed by atoms with Crippen LogP contribution in [0.25, 0.3) is 11.0 Å². The summed E-state index contributed by atoms with van der Waals surface area (Å²) in [5.41, 5.74) is 0.355. The number of aliphatic hydroxyl groups is 5. The van der Waals surface area contributed by atoms with Crippen LogP contribution in [0.4, 0.5) is 0 Å². The lowest BCUT2D eigenvalue weighted by atomic mass is 9.95. The Bertz CT molecular complexity index is 1220. The molecule has 4 rings (SSSR count). The van der Waals surface area contributed by atoms with Gasteiger partial charge in [0.2, 0.25) is 12.2 Å². The van der Waals surface area contributed by atoms with Crippen molar-refractivity contribution in [1.29, 1.82) is 0 Å². The van der Waals surface area contributed by atoms with E-state index in [1.165, 1.54) is 19.1 Å². The number of fused-ring (bicyclic) bond motifs is 1. The third kappa shape index (κ3) is 5.57. The summed E-state index contributed by atoms with van der Waals surface area (Å²) in [6.45, 7) is 2.21. The first-order chi connectivity index (χ1) is 18.0. The fourth-order valence-electron chi connectivity index (χ4n) is 4.49. The van der Waals surface area contributed by atoms with Crippen LogP contribution in [-0.4, -0.2) is 106 Å². The monoisotopic (exact) mass is 539 g/mol. The van der Waals surface area contributed by atoms with Crippen LogP contribution in [0.5, 0.6) is 5.75 Å². The maximum Gasteiger partial charge on any atom is 0.336 e. The van der Waals surface area contributed by atoms with Crippen molar-refractivity contribution in [2.45, 2.75) is 75.2 Å². The maximum atomic E-state index is 11.9. The number of ether oxygens (including phenoxy) is 4. The molecule has 14 nitrogen and oxygen atoms in total. The molecule has 0 radical (unpaired) electrons. The van der Waals surface area contributed by atoms with Gasteiger partial charge in [-0.05, 0) is 24.6 Å². The van der Waals surface area contributed by atoms with Crippen LogP contribution >= 0.6 is 0 Å². The molecule has 0 saturated carbocycles. The molecule has 0 aliphatic carbocycles. The molecule has 2 aliphatic rings. The predicted molar refractivity (Wildman–Crippen MR) is 125 cm³/mol. The largest absolute Gasteiger partial charge is 0.462 e. The highest BCUT2D eigenvalue weighted by Gasteiger charge is 2.51. The Kier molecular flexibility index (Phi) is 8.44. The molecule has 0 spiro atoms. The lowest BCUT2D eigenvalue weighted by molar-refractivity contribution is -0.335. The van der Waals surface area contributed by atoms with Gasteiger partial charge in [-0.3, -0.25) is 4.79 Å². The molecule has 3 heterocycles. The summed E-state index contributed by atoms with van der Waals surface area (Å²) in [5.74, 6) is -0.409.